The van der Waals surface area contributed by atoms with Crippen molar-refractivity contribution in [1.82, 2.24) is 14.9 Å². The molecule has 0 spiro atoms. The van der Waals surface area contributed by atoms with Gasteiger partial charge in [0, 0.05) is 24.9 Å². The first-order valence-corrected chi connectivity index (χ1v) is 9.17. The maximum absolute atomic E-state index is 13.1. The van der Waals surface area contributed by atoms with Crippen LogP contribution in [0, 0.1) is 5.82 Å². The van der Waals surface area contributed by atoms with Crippen LogP contribution in [0.3, 0.4) is 0 Å². The summed E-state index contributed by atoms with van der Waals surface area (Å²) < 4.78 is 13.1. The molecule has 1 N–H and O–H groups in total. The van der Waals surface area contributed by atoms with Crippen LogP contribution in [0.4, 0.5) is 4.39 Å². The first-order valence-electron chi connectivity index (χ1n) is 9.17. The summed E-state index contributed by atoms with van der Waals surface area (Å²) in [5, 5.41) is 10.5. The number of hydrogen-bond donors (Lipinski definition) is 1. The fraction of sp³-hybridized carbons (Fsp3) is 0.450. The molecule has 1 amide bonds. The molecule has 4 rings (SSSR count). The van der Waals surface area contributed by atoms with Crippen molar-refractivity contribution in [2.24, 2.45) is 0 Å². The van der Waals surface area contributed by atoms with Gasteiger partial charge in [-0.05, 0) is 49.8 Å². The molecule has 1 aliphatic carbocycles. The van der Waals surface area contributed by atoms with Crippen LogP contribution in [-0.4, -0.2) is 44.6 Å². The zero-order chi connectivity index (χ0) is 18.1. The number of hydrogen-bond acceptors (Lipinski definition) is 4. The quantitative estimate of drug-likeness (QED) is 0.916. The Balaban J connectivity index is 1.53. The van der Waals surface area contributed by atoms with Crippen molar-refractivity contribution in [3.05, 3.63) is 59.4 Å². The lowest BCUT2D eigenvalue weighted by molar-refractivity contribution is 0.0118. The van der Waals surface area contributed by atoms with E-state index in [2.05, 4.69) is 9.97 Å². The van der Waals surface area contributed by atoms with Gasteiger partial charge in [-0.25, -0.2) is 14.4 Å². The third-order valence-corrected chi connectivity index (χ3v) is 5.22. The first-order chi connectivity index (χ1) is 12.6. The van der Waals surface area contributed by atoms with Crippen LogP contribution in [0.5, 0.6) is 0 Å². The average Bonchev–Trinajstić information content (AvgIpc) is 3.50. The Labute approximate surface area is 151 Å². The van der Waals surface area contributed by atoms with E-state index in [4.69, 9.17) is 0 Å². The Morgan fingerprint density at radius 3 is 2.50 bits per heavy atom. The van der Waals surface area contributed by atoms with Gasteiger partial charge < -0.3 is 10.0 Å². The average molecular weight is 355 g/mol. The second-order valence-corrected chi connectivity index (χ2v) is 7.21. The monoisotopic (exact) mass is 355 g/mol. The van der Waals surface area contributed by atoms with Crippen molar-refractivity contribution in [2.45, 2.75) is 50.2 Å². The van der Waals surface area contributed by atoms with E-state index >= 15 is 0 Å². The SMILES string of the molecule is O=C(c1cnc(C2CC2)nc1)N1CCC[C@H](O)[C@@H]1Cc1ccc(F)cc1. The van der Waals surface area contributed by atoms with Crippen LogP contribution in [0.15, 0.2) is 36.7 Å². The van der Waals surface area contributed by atoms with Gasteiger partial charge in [-0.1, -0.05) is 12.1 Å². The molecule has 0 bridgehead atoms. The molecule has 1 saturated heterocycles. The van der Waals surface area contributed by atoms with Crippen LogP contribution in [0.2, 0.25) is 0 Å². The van der Waals surface area contributed by atoms with Gasteiger partial charge in [-0.2, -0.15) is 0 Å². The molecule has 0 radical (unpaired) electrons. The second kappa shape index (κ2) is 7.11. The predicted octanol–water partition coefficient (Wildman–Crippen LogP) is 2.70. The van der Waals surface area contributed by atoms with E-state index in [-0.39, 0.29) is 17.8 Å². The van der Waals surface area contributed by atoms with E-state index in [0.717, 1.165) is 30.7 Å². The lowest BCUT2D eigenvalue weighted by Gasteiger charge is -2.39. The molecule has 1 aromatic carbocycles. The molecule has 1 aliphatic heterocycles. The van der Waals surface area contributed by atoms with Gasteiger partial charge in [-0.15, -0.1) is 0 Å². The minimum absolute atomic E-state index is 0.154. The number of likely N-dealkylation sites (tertiary alicyclic amines) is 1. The highest BCUT2D eigenvalue weighted by molar-refractivity contribution is 5.94. The molecular formula is C20H22FN3O2. The number of piperidine rings is 1. The highest BCUT2D eigenvalue weighted by Crippen LogP contribution is 2.37. The highest BCUT2D eigenvalue weighted by Gasteiger charge is 2.34. The first kappa shape index (κ1) is 17.1. The van der Waals surface area contributed by atoms with Crippen LogP contribution in [0.25, 0.3) is 0 Å². The van der Waals surface area contributed by atoms with Crippen LogP contribution >= 0.6 is 0 Å². The molecule has 5 nitrogen and oxygen atoms in total. The lowest BCUT2D eigenvalue weighted by atomic mass is 9.92. The van der Waals surface area contributed by atoms with Gasteiger partial charge in [0.05, 0.1) is 17.7 Å². The zero-order valence-electron chi connectivity index (χ0n) is 14.5. The molecule has 136 valence electrons. The zero-order valence-corrected chi connectivity index (χ0v) is 14.5. The Kier molecular flexibility index (Phi) is 4.68. The Hall–Kier alpha value is -2.34. The van der Waals surface area contributed by atoms with Crippen molar-refractivity contribution in [3.8, 4) is 0 Å². The number of aromatic nitrogens is 2. The third-order valence-electron chi connectivity index (χ3n) is 5.22. The standard InChI is InChI=1S/C20H22FN3O2/c21-16-7-3-13(4-8-16)10-17-18(25)2-1-9-24(17)20(26)15-11-22-19(23-12-15)14-5-6-14/h3-4,7-8,11-12,14,17-18,25H,1-2,5-6,9-10H2/t17-,18-/m0/s1. The molecule has 2 atom stereocenters. The molecule has 1 aromatic heterocycles. The fourth-order valence-electron chi connectivity index (χ4n) is 3.56. The number of rotatable bonds is 4. The summed E-state index contributed by atoms with van der Waals surface area (Å²) in [6.45, 7) is 0.589. The van der Waals surface area contributed by atoms with E-state index in [1.54, 1.807) is 29.4 Å². The van der Waals surface area contributed by atoms with Gasteiger partial charge in [-0.3, -0.25) is 4.79 Å². The van der Waals surface area contributed by atoms with E-state index in [0.29, 0.717) is 30.9 Å². The number of carbonyl (C=O) groups is 1. The van der Waals surface area contributed by atoms with E-state index < -0.39 is 6.10 Å². The minimum atomic E-state index is -0.593. The van der Waals surface area contributed by atoms with Gasteiger partial charge >= 0.3 is 0 Å². The van der Waals surface area contributed by atoms with Crippen molar-refractivity contribution in [2.75, 3.05) is 6.54 Å². The molecule has 0 unspecified atom stereocenters. The molecule has 6 heteroatoms. The number of amides is 1. The van der Waals surface area contributed by atoms with Gasteiger partial charge in [0.25, 0.3) is 5.91 Å². The number of benzene rings is 1. The smallest absolute Gasteiger partial charge is 0.257 e. The number of aliphatic hydroxyl groups is 1. The Morgan fingerprint density at radius 2 is 1.85 bits per heavy atom. The van der Waals surface area contributed by atoms with Crippen molar-refractivity contribution >= 4 is 5.91 Å². The summed E-state index contributed by atoms with van der Waals surface area (Å²) >= 11 is 0. The van der Waals surface area contributed by atoms with Crippen LogP contribution < -0.4 is 0 Å². The van der Waals surface area contributed by atoms with E-state index in [1.807, 2.05) is 0 Å². The summed E-state index contributed by atoms with van der Waals surface area (Å²) in [6.07, 6.45) is 6.74. The predicted molar refractivity (Wildman–Crippen MR) is 94.2 cm³/mol. The minimum Gasteiger partial charge on any atom is -0.391 e. The molecule has 2 aliphatic rings. The van der Waals surface area contributed by atoms with Crippen molar-refractivity contribution in [3.63, 3.8) is 0 Å². The fourth-order valence-corrected chi connectivity index (χ4v) is 3.56. The van der Waals surface area contributed by atoms with Crippen LogP contribution in [-0.2, 0) is 6.42 Å². The molecular weight excluding hydrogens is 333 g/mol. The molecule has 1 saturated carbocycles. The summed E-state index contributed by atoms with van der Waals surface area (Å²) in [4.78, 5) is 23.4. The van der Waals surface area contributed by atoms with Crippen molar-refractivity contribution in [1.29, 1.82) is 0 Å². The normalized spacial score (nSPS) is 23.1. The van der Waals surface area contributed by atoms with E-state index in [9.17, 15) is 14.3 Å². The maximum atomic E-state index is 13.1. The summed E-state index contributed by atoms with van der Waals surface area (Å²) in [7, 11) is 0. The number of halogens is 1. The topological polar surface area (TPSA) is 66.3 Å². The van der Waals surface area contributed by atoms with Gasteiger partial charge in [0.2, 0.25) is 0 Å². The summed E-state index contributed by atoms with van der Waals surface area (Å²) in [5.74, 6) is 0.808. The van der Waals surface area contributed by atoms with E-state index in [1.165, 1.54) is 12.1 Å². The van der Waals surface area contributed by atoms with Crippen molar-refractivity contribution < 1.29 is 14.3 Å². The summed E-state index contributed by atoms with van der Waals surface area (Å²) in [6, 6.07) is 5.88. The Morgan fingerprint density at radius 1 is 1.15 bits per heavy atom. The second-order valence-electron chi connectivity index (χ2n) is 7.21. The molecule has 2 fully saturated rings. The lowest BCUT2D eigenvalue weighted by Crippen LogP contribution is -2.52. The largest absolute Gasteiger partial charge is 0.391 e. The number of carbonyl (C=O) groups excluding carboxylic acids is 1. The summed E-state index contributed by atoms with van der Waals surface area (Å²) in [5.41, 5.74) is 1.35. The highest BCUT2D eigenvalue weighted by atomic mass is 19.1. The third kappa shape index (κ3) is 3.60. The number of nitrogens with zero attached hydrogens (tertiary/aromatic N) is 3. The molecule has 2 aromatic rings. The Bertz CT molecular complexity index is 775. The number of aliphatic hydroxyl groups excluding tert-OH is 1. The van der Waals surface area contributed by atoms with Gasteiger partial charge in [0.1, 0.15) is 11.6 Å². The molecule has 26 heavy (non-hydrogen) atoms. The van der Waals surface area contributed by atoms with Crippen LogP contribution in [0.1, 0.15) is 53.3 Å². The van der Waals surface area contributed by atoms with Gasteiger partial charge in [0.15, 0.2) is 0 Å². The maximum Gasteiger partial charge on any atom is 0.257 e. The molecule has 2 heterocycles.